The minimum Gasteiger partial charge on any atom is -0.376 e. The summed E-state index contributed by atoms with van der Waals surface area (Å²) in [5, 5.41) is 16.6. The van der Waals surface area contributed by atoms with Gasteiger partial charge in [0.05, 0.1) is 18.2 Å². The molecule has 0 saturated heterocycles. The van der Waals surface area contributed by atoms with Gasteiger partial charge in [-0.15, -0.1) is 0 Å². The molecule has 1 aliphatic rings. The average Bonchev–Trinajstić information content (AvgIpc) is 2.61. The number of imide groups is 1. The number of urea groups is 1. The van der Waals surface area contributed by atoms with Crippen LogP contribution in [-0.4, -0.2) is 25.0 Å². The molecule has 1 aliphatic carbocycles. The highest BCUT2D eigenvalue weighted by Gasteiger charge is 2.08. The Morgan fingerprint density at radius 2 is 1.96 bits per heavy atom. The first-order valence-electron chi connectivity index (χ1n) is 8.17. The first-order valence-corrected chi connectivity index (χ1v) is 8.17. The highest BCUT2D eigenvalue weighted by molar-refractivity contribution is 5.96. The zero-order valence-corrected chi connectivity index (χ0v) is 13.6. The fourth-order valence-electron chi connectivity index (χ4n) is 2.53. The third kappa shape index (κ3) is 6.13. The van der Waals surface area contributed by atoms with E-state index in [-0.39, 0.29) is 6.54 Å². The number of nitrogens with one attached hydrogen (secondary N) is 3. The number of carbonyl (C=O) groups excluding carboxylic acids is 2. The summed E-state index contributed by atoms with van der Waals surface area (Å²) in [4.78, 5) is 23.4. The van der Waals surface area contributed by atoms with Crippen molar-refractivity contribution in [3.8, 4) is 6.07 Å². The van der Waals surface area contributed by atoms with Crippen LogP contribution in [-0.2, 0) is 4.79 Å². The van der Waals surface area contributed by atoms with Crippen molar-refractivity contribution in [3.63, 3.8) is 0 Å². The normalized spacial score (nSPS) is 13.4. The van der Waals surface area contributed by atoms with Crippen molar-refractivity contribution in [2.45, 2.75) is 32.1 Å². The minimum atomic E-state index is -0.474. The molecule has 6 heteroatoms. The molecule has 6 nitrogen and oxygen atoms in total. The van der Waals surface area contributed by atoms with Gasteiger partial charge < -0.3 is 10.6 Å². The molecular weight excluding hydrogens is 304 g/mol. The molecule has 3 amide bonds. The number of nitriles is 1. The van der Waals surface area contributed by atoms with Gasteiger partial charge in [-0.05, 0) is 56.4 Å². The highest BCUT2D eigenvalue weighted by Crippen LogP contribution is 2.19. The van der Waals surface area contributed by atoms with Crippen LogP contribution in [0.25, 0.3) is 0 Å². The van der Waals surface area contributed by atoms with Crippen molar-refractivity contribution in [2.75, 3.05) is 18.4 Å². The minimum absolute atomic E-state index is 0.00945. The van der Waals surface area contributed by atoms with Crippen molar-refractivity contribution in [3.05, 3.63) is 41.5 Å². The monoisotopic (exact) mass is 326 g/mol. The van der Waals surface area contributed by atoms with Crippen LogP contribution in [0, 0.1) is 11.3 Å². The van der Waals surface area contributed by atoms with Gasteiger partial charge in [-0.3, -0.25) is 10.1 Å². The molecule has 126 valence electrons. The molecule has 24 heavy (non-hydrogen) atoms. The van der Waals surface area contributed by atoms with Crippen LogP contribution in [0.2, 0.25) is 0 Å². The number of allylic oxidation sites excluding steroid dienone is 1. The van der Waals surface area contributed by atoms with Crippen molar-refractivity contribution in [2.24, 2.45) is 0 Å². The molecule has 0 aromatic heterocycles. The van der Waals surface area contributed by atoms with Crippen molar-refractivity contribution in [1.82, 2.24) is 10.6 Å². The second kappa shape index (κ2) is 9.36. The number of anilines is 1. The van der Waals surface area contributed by atoms with Gasteiger partial charge >= 0.3 is 6.03 Å². The zero-order chi connectivity index (χ0) is 17.2. The van der Waals surface area contributed by atoms with E-state index >= 15 is 0 Å². The third-order valence-electron chi connectivity index (χ3n) is 3.84. The van der Waals surface area contributed by atoms with Gasteiger partial charge in [-0.25, -0.2) is 4.79 Å². The number of benzene rings is 1. The van der Waals surface area contributed by atoms with Gasteiger partial charge in [0.2, 0.25) is 5.91 Å². The third-order valence-corrected chi connectivity index (χ3v) is 3.84. The Balaban J connectivity index is 1.63. The van der Waals surface area contributed by atoms with E-state index < -0.39 is 11.9 Å². The molecule has 1 aromatic carbocycles. The largest absolute Gasteiger partial charge is 0.376 e. The van der Waals surface area contributed by atoms with Crippen LogP contribution >= 0.6 is 0 Å². The molecule has 3 N–H and O–H groups in total. The molecule has 0 heterocycles. The predicted molar refractivity (Wildman–Crippen MR) is 92.4 cm³/mol. The average molecular weight is 326 g/mol. The lowest BCUT2D eigenvalue weighted by Gasteiger charge is -2.13. The Morgan fingerprint density at radius 1 is 1.17 bits per heavy atom. The van der Waals surface area contributed by atoms with E-state index in [4.69, 9.17) is 5.26 Å². The standard InChI is InChI=1S/C18H22N4O2/c19-12-15-6-8-16(9-7-15)21-13-17(23)22-18(24)20-11-10-14-4-2-1-3-5-14/h4,6-9,21H,1-3,5,10-11,13H2,(H2,20,22,23,24). The Labute approximate surface area is 141 Å². The molecule has 0 spiro atoms. The second-order valence-electron chi connectivity index (χ2n) is 5.70. The lowest BCUT2D eigenvalue weighted by molar-refractivity contribution is -0.118. The van der Waals surface area contributed by atoms with E-state index in [2.05, 4.69) is 22.0 Å². The molecule has 0 fully saturated rings. The Morgan fingerprint density at radius 3 is 2.62 bits per heavy atom. The van der Waals surface area contributed by atoms with E-state index in [0.717, 1.165) is 19.3 Å². The first-order chi connectivity index (χ1) is 11.7. The van der Waals surface area contributed by atoms with Crippen molar-refractivity contribution in [1.29, 1.82) is 5.26 Å². The zero-order valence-electron chi connectivity index (χ0n) is 13.6. The number of rotatable bonds is 6. The maximum atomic E-state index is 11.7. The summed E-state index contributed by atoms with van der Waals surface area (Å²) in [7, 11) is 0. The summed E-state index contributed by atoms with van der Waals surface area (Å²) in [5.74, 6) is -0.409. The van der Waals surface area contributed by atoms with Crippen LogP contribution in [0.1, 0.15) is 37.7 Å². The maximum absolute atomic E-state index is 11.7. The quantitative estimate of drug-likeness (QED) is 0.701. The molecule has 1 aromatic rings. The molecular formula is C18H22N4O2. The van der Waals surface area contributed by atoms with Crippen LogP contribution in [0.15, 0.2) is 35.9 Å². The summed E-state index contributed by atoms with van der Waals surface area (Å²) < 4.78 is 0. The lowest BCUT2D eigenvalue weighted by Crippen LogP contribution is -2.42. The number of carbonyl (C=O) groups is 2. The Hall–Kier alpha value is -2.81. The maximum Gasteiger partial charge on any atom is 0.321 e. The van der Waals surface area contributed by atoms with Gasteiger partial charge in [0, 0.05) is 12.2 Å². The topological polar surface area (TPSA) is 94.0 Å². The van der Waals surface area contributed by atoms with Gasteiger partial charge in [0.1, 0.15) is 0 Å². The van der Waals surface area contributed by atoms with E-state index in [1.54, 1.807) is 24.3 Å². The SMILES string of the molecule is N#Cc1ccc(NCC(=O)NC(=O)NCCC2=CCCCC2)cc1. The van der Waals surface area contributed by atoms with Crippen LogP contribution in [0.5, 0.6) is 0 Å². The number of hydrogen-bond donors (Lipinski definition) is 3. The first kappa shape index (κ1) is 17.5. The molecule has 2 rings (SSSR count). The summed E-state index contributed by atoms with van der Waals surface area (Å²) in [6, 6.07) is 8.29. The predicted octanol–water partition coefficient (Wildman–Crippen LogP) is 2.69. The van der Waals surface area contributed by atoms with E-state index in [1.807, 2.05) is 6.07 Å². The van der Waals surface area contributed by atoms with Gasteiger partial charge in [0.25, 0.3) is 0 Å². The summed E-state index contributed by atoms with van der Waals surface area (Å²) >= 11 is 0. The number of amides is 3. The number of nitrogens with zero attached hydrogens (tertiary/aromatic N) is 1. The Kier molecular flexibility index (Phi) is 6.84. The fourth-order valence-corrected chi connectivity index (χ4v) is 2.53. The molecule has 0 atom stereocenters. The van der Waals surface area contributed by atoms with E-state index in [1.165, 1.54) is 18.4 Å². The fraction of sp³-hybridized carbons (Fsp3) is 0.389. The summed E-state index contributed by atoms with van der Waals surface area (Å²) in [6.45, 7) is 0.526. The lowest BCUT2D eigenvalue weighted by atomic mass is 9.97. The van der Waals surface area contributed by atoms with E-state index in [0.29, 0.717) is 17.8 Å². The van der Waals surface area contributed by atoms with Crippen LogP contribution in [0.4, 0.5) is 10.5 Å². The summed E-state index contributed by atoms with van der Waals surface area (Å²) in [5.41, 5.74) is 2.65. The second-order valence-corrected chi connectivity index (χ2v) is 5.70. The van der Waals surface area contributed by atoms with Gasteiger partial charge in [-0.1, -0.05) is 11.6 Å². The van der Waals surface area contributed by atoms with Gasteiger partial charge in [-0.2, -0.15) is 5.26 Å². The van der Waals surface area contributed by atoms with Gasteiger partial charge in [0.15, 0.2) is 0 Å². The molecule has 0 unspecified atom stereocenters. The number of hydrogen-bond acceptors (Lipinski definition) is 4. The molecule has 0 saturated carbocycles. The van der Waals surface area contributed by atoms with Crippen LogP contribution < -0.4 is 16.0 Å². The molecule has 0 aliphatic heterocycles. The van der Waals surface area contributed by atoms with Crippen molar-refractivity contribution >= 4 is 17.6 Å². The Bertz CT molecular complexity index is 644. The van der Waals surface area contributed by atoms with Crippen LogP contribution in [0.3, 0.4) is 0 Å². The highest BCUT2D eigenvalue weighted by atomic mass is 16.2. The molecule has 0 bridgehead atoms. The van der Waals surface area contributed by atoms with Crippen molar-refractivity contribution < 1.29 is 9.59 Å². The van der Waals surface area contributed by atoms with E-state index in [9.17, 15) is 9.59 Å². The smallest absolute Gasteiger partial charge is 0.321 e. The summed E-state index contributed by atoms with van der Waals surface area (Å²) in [6.07, 6.45) is 7.79. The molecule has 0 radical (unpaired) electrons.